The monoisotopic (exact) mass is 467 g/mol. The van der Waals surface area contributed by atoms with E-state index in [-0.39, 0.29) is 12.3 Å². The Hall–Kier alpha value is -1.90. The lowest BCUT2D eigenvalue weighted by Crippen LogP contribution is -2.29. The highest BCUT2D eigenvalue weighted by Crippen LogP contribution is 2.27. The molecular formula is C20H26BrN3O3S. The van der Waals surface area contributed by atoms with Gasteiger partial charge in [-0.25, -0.2) is 5.48 Å². The quantitative estimate of drug-likeness (QED) is 0.305. The van der Waals surface area contributed by atoms with Crippen molar-refractivity contribution in [2.45, 2.75) is 38.6 Å². The Labute approximate surface area is 178 Å². The number of anilines is 2. The fourth-order valence-corrected chi connectivity index (χ4v) is 4.25. The maximum Gasteiger partial charge on any atom is 0.243 e. The number of unbranched alkanes of at least 4 members (excludes halogenated alkanes) is 2. The van der Waals surface area contributed by atoms with Crippen LogP contribution in [0.2, 0.25) is 0 Å². The molecule has 0 saturated carbocycles. The third-order valence-electron chi connectivity index (χ3n) is 4.34. The zero-order valence-corrected chi connectivity index (χ0v) is 18.6. The van der Waals surface area contributed by atoms with Crippen LogP contribution in [0.4, 0.5) is 11.4 Å². The van der Waals surface area contributed by atoms with E-state index in [1.54, 1.807) is 16.8 Å². The largest absolute Gasteiger partial charge is 0.378 e. The normalized spacial score (nSPS) is 10.6. The molecular weight excluding hydrogens is 442 g/mol. The highest BCUT2D eigenvalue weighted by atomic mass is 79.9. The van der Waals surface area contributed by atoms with Crippen molar-refractivity contribution in [3.05, 3.63) is 45.1 Å². The zero-order valence-electron chi connectivity index (χ0n) is 16.2. The molecule has 0 radical (unpaired) electrons. The molecule has 0 fully saturated rings. The van der Waals surface area contributed by atoms with Gasteiger partial charge in [0.2, 0.25) is 11.8 Å². The number of benzene rings is 1. The number of rotatable bonds is 10. The molecule has 0 saturated heterocycles. The van der Waals surface area contributed by atoms with Gasteiger partial charge in [0.1, 0.15) is 0 Å². The number of hydrogen-bond acceptors (Lipinski definition) is 5. The molecule has 0 spiro atoms. The average molecular weight is 468 g/mol. The molecule has 6 nitrogen and oxygen atoms in total. The smallest absolute Gasteiger partial charge is 0.243 e. The lowest BCUT2D eigenvalue weighted by atomic mass is 10.1. The van der Waals surface area contributed by atoms with Gasteiger partial charge in [-0.1, -0.05) is 6.42 Å². The molecule has 0 aliphatic heterocycles. The number of hydrogen-bond donors (Lipinski definition) is 2. The maximum atomic E-state index is 12.9. The van der Waals surface area contributed by atoms with Crippen molar-refractivity contribution in [1.29, 1.82) is 0 Å². The molecule has 152 valence electrons. The second-order valence-corrected chi connectivity index (χ2v) is 9.24. The van der Waals surface area contributed by atoms with E-state index in [9.17, 15) is 9.59 Å². The van der Waals surface area contributed by atoms with Crippen LogP contribution < -0.4 is 15.3 Å². The summed E-state index contributed by atoms with van der Waals surface area (Å²) in [5.41, 5.74) is 3.58. The first-order chi connectivity index (χ1) is 13.4. The second kappa shape index (κ2) is 11.2. The van der Waals surface area contributed by atoms with Gasteiger partial charge in [0.25, 0.3) is 0 Å². The van der Waals surface area contributed by atoms with E-state index in [0.29, 0.717) is 25.8 Å². The summed E-state index contributed by atoms with van der Waals surface area (Å²) in [7, 11) is 3.97. The number of hydroxylamine groups is 1. The van der Waals surface area contributed by atoms with Gasteiger partial charge in [-0.05, 0) is 65.2 Å². The first-order valence-corrected chi connectivity index (χ1v) is 10.8. The molecule has 28 heavy (non-hydrogen) atoms. The van der Waals surface area contributed by atoms with E-state index < -0.39 is 5.91 Å². The molecule has 2 aromatic rings. The van der Waals surface area contributed by atoms with Crippen LogP contribution in [0.3, 0.4) is 0 Å². The molecule has 0 aliphatic rings. The van der Waals surface area contributed by atoms with E-state index in [0.717, 1.165) is 26.5 Å². The van der Waals surface area contributed by atoms with E-state index >= 15 is 0 Å². The van der Waals surface area contributed by atoms with E-state index in [1.807, 2.05) is 60.3 Å². The summed E-state index contributed by atoms with van der Waals surface area (Å²) in [5, 5.41) is 8.51. The van der Waals surface area contributed by atoms with Crippen molar-refractivity contribution in [3.8, 4) is 0 Å². The summed E-state index contributed by atoms with van der Waals surface area (Å²) >= 11 is 5.10. The minimum Gasteiger partial charge on any atom is -0.378 e. The average Bonchev–Trinajstić information content (AvgIpc) is 3.10. The van der Waals surface area contributed by atoms with Crippen molar-refractivity contribution < 1.29 is 14.8 Å². The third kappa shape index (κ3) is 6.92. The van der Waals surface area contributed by atoms with Gasteiger partial charge in [0.05, 0.1) is 10.3 Å². The van der Waals surface area contributed by atoms with Crippen LogP contribution in [0.15, 0.2) is 40.2 Å². The molecule has 1 aromatic carbocycles. The van der Waals surface area contributed by atoms with Gasteiger partial charge in [0, 0.05) is 43.2 Å². The highest BCUT2D eigenvalue weighted by Gasteiger charge is 2.17. The van der Waals surface area contributed by atoms with E-state index in [1.165, 1.54) is 0 Å². The molecule has 8 heteroatoms. The van der Waals surface area contributed by atoms with Crippen LogP contribution in [0, 0.1) is 0 Å². The van der Waals surface area contributed by atoms with E-state index in [4.69, 9.17) is 5.21 Å². The molecule has 2 rings (SSSR count). The van der Waals surface area contributed by atoms with Gasteiger partial charge < -0.3 is 9.80 Å². The van der Waals surface area contributed by atoms with Gasteiger partial charge in [-0.15, -0.1) is 11.3 Å². The summed E-state index contributed by atoms with van der Waals surface area (Å²) in [6.45, 7) is 0.531. The number of thiophene rings is 1. The van der Waals surface area contributed by atoms with Crippen molar-refractivity contribution >= 4 is 50.5 Å². The summed E-state index contributed by atoms with van der Waals surface area (Å²) in [5.74, 6) is -0.328. The van der Waals surface area contributed by atoms with Crippen LogP contribution >= 0.6 is 27.3 Å². The summed E-state index contributed by atoms with van der Waals surface area (Å²) in [6.07, 6.45) is 2.80. The number of carbonyl (C=O) groups is 2. The number of nitrogens with one attached hydrogen (secondary N) is 1. The van der Waals surface area contributed by atoms with Crippen molar-refractivity contribution in [3.63, 3.8) is 0 Å². The van der Waals surface area contributed by atoms with Crippen LogP contribution in [0.5, 0.6) is 0 Å². The number of nitrogens with zero attached hydrogens (tertiary/aromatic N) is 2. The Morgan fingerprint density at radius 2 is 1.64 bits per heavy atom. The molecule has 0 unspecified atom stereocenters. The van der Waals surface area contributed by atoms with Crippen LogP contribution in [-0.4, -0.2) is 31.1 Å². The van der Waals surface area contributed by atoms with Crippen LogP contribution in [0.25, 0.3) is 0 Å². The Kier molecular flexibility index (Phi) is 8.95. The Morgan fingerprint density at radius 3 is 2.21 bits per heavy atom. The fraction of sp³-hybridized carbons (Fsp3) is 0.400. The minimum atomic E-state index is -0.391. The topological polar surface area (TPSA) is 72.9 Å². The van der Waals surface area contributed by atoms with Crippen molar-refractivity contribution in [2.75, 3.05) is 23.9 Å². The lowest BCUT2D eigenvalue weighted by Gasteiger charge is -2.23. The SMILES string of the molecule is CN(C)c1ccc(N(Cc2ccc(Br)s2)C(=O)CCCCCC(=O)NO)cc1. The lowest BCUT2D eigenvalue weighted by molar-refractivity contribution is -0.129. The maximum absolute atomic E-state index is 12.9. The predicted molar refractivity (Wildman–Crippen MR) is 117 cm³/mol. The second-order valence-electron chi connectivity index (χ2n) is 6.69. The summed E-state index contributed by atoms with van der Waals surface area (Å²) in [4.78, 5) is 28.9. The van der Waals surface area contributed by atoms with Crippen LogP contribution in [-0.2, 0) is 16.1 Å². The minimum absolute atomic E-state index is 0.0636. The third-order valence-corrected chi connectivity index (χ3v) is 5.95. The van der Waals surface area contributed by atoms with Crippen molar-refractivity contribution in [1.82, 2.24) is 5.48 Å². The van der Waals surface area contributed by atoms with Gasteiger partial charge in [-0.3, -0.25) is 14.8 Å². The molecule has 1 aromatic heterocycles. The molecule has 2 N–H and O–H groups in total. The van der Waals surface area contributed by atoms with Crippen LogP contribution in [0.1, 0.15) is 37.0 Å². The first-order valence-electron chi connectivity index (χ1n) is 9.15. The number of halogens is 1. The first kappa shape index (κ1) is 22.4. The Balaban J connectivity index is 2.02. The standard InChI is InChI=1S/C20H26BrN3O3S/c1-23(2)15-8-10-16(11-9-15)24(14-17-12-13-18(21)28-17)20(26)7-5-3-4-6-19(25)22-27/h8-13,27H,3-7,14H2,1-2H3,(H,22,25). The molecule has 0 bridgehead atoms. The Bertz CT molecular complexity index is 777. The van der Waals surface area contributed by atoms with Crippen molar-refractivity contribution in [2.24, 2.45) is 0 Å². The highest BCUT2D eigenvalue weighted by molar-refractivity contribution is 9.11. The van der Waals surface area contributed by atoms with E-state index in [2.05, 4.69) is 15.9 Å². The zero-order chi connectivity index (χ0) is 20.5. The summed E-state index contributed by atoms with van der Waals surface area (Å²) in [6, 6.07) is 12.0. The van der Waals surface area contributed by atoms with Gasteiger partial charge in [0.15, 0.2) is 0 Å². The number of carbonyl (C=O) groups excluding carboxylic acids is 2. The fourth-order valence-electron chi connectivity index (χ4n) is 2.78. The van der Waals surface area contributed by atoms with Gasteiger partial charge >= 0.3 is 0 Å². The predicted octanol–water partition coefficient (Wildman–Crippen LogP) is 4.57. The molecule has 0 atom stereocenters. The molecule has 0 aliphatic carbocycles. The molecule has 1 heterocycles. The molecule has 2 amide bonds. The van der Waals surface area contributed by atoms with Gasteiger partial charge in [-0.2, -0.15) is 0 Å². The Morgan fingerprint density at radius 1 is 1.00 bits per heavy atom. The number of amides is 2. The summed E-state index contributed by atoms with van der Waals surface area (Å²) < 4.78 is 1.04.